The molecule has 3 N–H and O–H groups in total. The van der Waals surface area contributed by atoms with E-state index in [4.69, 9.17) is 4.74 Å². The Morgan fingerprint density at radius 2 is 1.72 bits per heavy atom. The molecule has 4 atom stereocenters. The van der Waals surface area contributed by atoms with Crippen LogP contribution in [0.15, 0.2) is 48.5 Å². The third-order valence-electron chi connectivity index (χ3n) is 7.50. The molecule has 0 spiro atoms. The number of aryl methyl sites for hydroxylation is 1. The van der Waals surface area contributed by atoms with Crippen molar-refractivity contribution < 1.29 is 23.5 Å². The number of hydrogen-bond donors (Lipinski definition) is 3. The van der Waals surface area contributed by atoms with Crippen molar-refractivity contribution in [3.8, 4) is 5.75 Å². The van der Waals surface area contributed by atoms with Crippen LogP contribution in [0, 0.1) is 11.7 Å². The predicted octanol–water partition coefficient (Wildman–Crippen LogP) is 2.60. The zero-order valence-corrected chi connectivity index (χ0v) is 22.9. The van der Waals surface area contributed by atoms with E-state index in [0.29, 0.717) is 31.5 Å². The predicted molar refractivity (Wildman–Crippen MR) is 147 cm³/mol. The van der Waals surface area contributed by atoms with Crippen LogP contribution in [-0.4, -0.2) is 67.0 Å². The minimum atomic E-state index is -0.873. The lowest BCUT2D eigenvalue weighted by Gasteiger charge is -2.31. The van der Waals surface area contributed by atoms with Crippen LogP contribution in [0.2, 0.25) is 0 Å². The molecule has 0 saturated heterocycles. The van der Waals surface area contributed by atoms with E-state index >= 15 is 0 Å². The number of amides is 3. The quantitative estimate of drug-likeness (QED) is 0.558. The number of halogens is 1. The largest absolute Gasteiger partial charge is 0.489 e. The molecule has 0 radical (unpaired) electrons. The van der Waals surface area contributed by atoms with Crippen LogP contribution in [0.3, 0.4) is 0 Å². The van der Waals surface area contributed by atoms with Gasteiger partial charge in [-0.25, -0.2) is 4.39 Å². The van der Waals surface area contributed by atoms with E-state index in [-0.39, 0.29) is 36.1 Å². The number of fused-ring (bicyclic) bond motifs is 1. The van der Waals surface area contributed by atoms with Gasteiger partial charge in [-0.05, 0) is 74.8 Å². The molecule has 1 aliphatic carbocycles. The minimum absolute atomic E-state index is 0.159. The molecule has 2 aromatic carbocycles. The molecule has 1 saturated carbocycles. The molecule has 1 aliphatic heterocycles. The van der Waals surface area contributed by atoms with Gasteiger partial charge < -0.3 is 25.6 Å². The normalized spacial score (nSPS) is 25.9. The Morgan fingerprint density at radius 1 is 1.00 bits per heavy atom. The average molecular weight is 539 g/mol. The minimum Gasteiger partial charge on any atom is -0.489 e. The summed E-state index contributed by atoms with van der Waals surface area (Å²) in [7, 11) is 1.62. The number of carbonyl (C=O) groups excluding carboxylic acids is 3. The summed E-state index contributed by atoms with van der Waals surface area (Å²) in [6, 6.07) is 11.6. The Morgan fingerprint density at radius 3 is 2.44 bits per heavy atom. The molecule has 0 bridgehead atoms. The molecule has 1 unspecified atom stereocenters. The van der Waals surface area contributed by atoms with Gasteiger partial charge in [0, 0.05) is 26.6 Å². The first kappa shape index (κ1) is 28.5. The highest BCUT2D eigenvalue weighted by atomic mass is 19.1. The fraction of sp³-hybridized carbons (Fsp3) is 0.500. The number of likely N-dealkylation sites (N-methyl/N-ethyl adjacent to an activating group) is 1. The zero-order chi connectivity index (χ0) is 27.9. The Bertz CT molecular complexity index is 1150. The fourth-order valence-corrected chi connectivity index (χ4v) is 4.82. The molecular weight excluding hydrogens is 499 g/mol. The Kier molecular flexibility index (Phi) is 9.56. The first-order valence-corrected chi connectivity index (χ1v) is 13.8. The summed E-state index contributed by atoms with van der Waals surface area (Å²) in [6.07, 6.45) is 3.33. The van der Waals surface area contributed by atoms with Crippen molar-refractivity contribution in [3.05, 3.63) is 65.5 Å². The second kappa shape index (κ2) is 13.1. The van der Waals surface area contributed by atoms with Gasteiger partial charge in [0.25, 0.3) is 0 Å². The van der Waals surface area contributed by atoms with E-state index < -0.39 is 24.0 Å². The molecule has 0 aromatic heterocycles. The third kappa shape index (κ3) is 7.79. The highest BCUT2D eigenvalue weighted by molar-refractivity contribution is 5.93. The van der Waals surface area contributed by atoms with Crippen LogP contribution in [0.5, 0.6) is 5.75 Å². The molecule has 1 fully saturated rings. The van der Waals surface area contributed by atoms with Gasteiger partial charge in [-0.2, -0.15) is 0 Å². The van der Waals surface area contributed by atoms with Gasteiger partial charge in [0.2, 0.25) is 17.7 Å². The maximum Gasteiger partial charge on any atom is 0.243 e. The summed E-state index contributed by atoms with van der Waals surface area (Å²) in [6.45, 7) is 4.53. The number of para-hydroxylation sites is 1. The number of nitrogens with zero attached hydrogens (tertiary/aromatic N) is 1. The molecule has 3 amide bonds. The Hall–Kier alpha value is -3.46. The summed E-state index contributed by atoms with van der Waals surface area (Å²) >= 11 is 0. The Balaban J connectivity index is 1.56. The van der Waals surface area contributed by atoms with Gasteiger partial charge in [-0.15, -0.1) is 0 Å². The molecule has 2 aromatic rings. The SMILES string of the molecule is CC1CN[C@@H](C2CC2)C(=O)N(C)[C@H](C)C(=O)N[C@H](Cc2ccc(F)cc2)C(=O)NCCCc2ccccc2O1. The van der Waals surface area contributed by atoms with Crippen LogP contribution in [0.4, 0.5) is 4.39 Å². The summed E-state index contributed by atoms with van der Waals surface area (Å²) in [5.74, 6) is -0.269. The molecular formula is C30H39FN4O4. The van der Waals surface area contributed by atoms with Crippen LogP contribution in [-0.2, 0) is 27.2 Å². The van der Waals surface area contributed by atoms with Crippen molar-refractivity contribution in [2.45, 2.75) is 70.2 Å². The van der Waals surface area contributed by atoms with Crippen LogP contribution in [0.25, 0.3) is 0 Å². The highest BCUT2D eigenvalue weighted by Gasteiger charge is 2.39. The van der Waals surface area contributed by atoms with Crippen molar-refractivity contribution in [1.29, 1.82) is 0 Å². The van der Waals surface area contributed by atoms with Crippen molar-refractivity contribution in [2.75, 3.05) is 20.1 Å². The summed E-state index contributed by atoms with van der Waals surface area (Å²) in [5.41, 5.74) is 1.76. The number of nitrogens with one attached hydrogen (secondary N) is 3. The van der Waals surface area contributed by atoms with E-state index in [1.54, 1.807) is 26.1 Å². The average Bonchev–Trinajstić information content (AvgIpc) is 3.76. The number of benzene rings is 2. The van der Waals surface area contributed by atoms with Crippen molar-refractivity contribution in [1.82, 2.24) is 20.9 Å². The second-order valence-electron chi connectivity index (χ2n) is 10.7. The lowest BCUT2D eigenvalue weighted by Crippen LogP contribution is -2.57. The fourth-order valence-electron chi connectivity index (χ4n) is 4.82. The van der Waals surface area contributed by atoms with Crippen LogP contribution < -0.4 is 20.7 Å². The molecule has 9 heteroatoms. The van der Waals surface area contributed by atoms with Gasteiger partial charge in [-0.1, -0.05) is 30.3 Å². The number of hydrogen-bond acceptors (Lipinski definition) is 5. The standard InChI is InChI=1S/C30H39FN4O4/c1-19-18-33-27(23-12-13-23)30(38)35(3)20(2)28(36)34-25(17-21-10-14-24(31)15-11-21)29(37)32-16-6-8-22-7-4-5-9-26(22)39-19/h4-5,7,9-11,14-15,19-20,23,25,27,33H,6,8,12-13,16-18H2,1-3H3,(H,32,37)(H,34,36)/t19?,20-,25-,27+/m1/s1. The maximum absolute atomic E-state index is 13.5. The summed E-state index contributed by atoms with van der Waals surface area (Å²) in [5, 5.41) is 9.17. The first-order valence-electron chi connectivity index (χ1n) is 13.8. The van der Waals surface area contributed by atoms with Crippen molar-refractivity contribution in [2.24, 2.45) is 5.92 Å². The molecule has 8 nitrogen and oxygen atoms in total. The lowest BCUT2D eigenvalue weighted by atomic mass is 10.0. The molecule has 4 rings (SSSR count). The van der Waals surface area contributed by atoms with E-state index in [0.717, 1.165) is 24.2 Å². The van der Waals surface area contributed by atoms with Crippen molar-refractivity contribution >= 4 is 17.7 Å². The molecule has 2 aliphatic rings. The van der Waals surface area contributed by atoms with Crippen molar-refractivity contribution in [3.63, 3.8) is 0 Å². The number of carbonyl (C=O) groups is 3. The smallest absolute Gasteiger partial charge is 0.243 e. The molecule has 1 heterocycles. The van der Waals surface area contributed by atoms with E-state index in [1.165, 1.54) is 17.0 Å². The lowest BCUT2D eigenvalue weighted by molar-refractivity contribution is -0.141. The summed E-state index contributed by atoms with van der Waals surface area (Å²) < 4.78 is 19.7. The molecule has 39 heavy (non-hydrogen) atoms. The topological polar surface area (TPSA) is 99.8 Å². The number of ether oxygens (including phenoxy) is 1. The van der Waals surface area contributed by atoms with Gasteiger partial charge in [0.05, 0.1) is 6.04 Å². The number of rotatable bonds is 3. The van der Waals surface area contributed by atoms with Gasteiger partial charge in [0.15, 0.2) is 0 Å². The Labute approximate surface area is 229 Å². The van der Waals surface area contributed by atoms with Crippen LogP contribution >= 0.6 is 0 Å². The second-order valence-corrected chi connectivity index (χ2v) is 10.7. The maximum atomic E-state index is 13.5. The zero-order valence-electron chi connectivity index (χ0n) is 22.9. The van der Waals surface area contributed by atoms with Gasteiger partial charge in [0.1, 0.15) is 29.8 Å². The van der Waals surface area contributed by atoms with E-state index in [9.17, 15) is 18.8 Å². The summed E-state index contributed by atoms with van der Waals surface area (Å²) in [4.78, 5) is 41.4. The van der Waals surface area contributed by atoms with E-state index in [1.807, 2.05) is 31.2 Å². The molecule has 210 valence electrons. The van der Waals surface area contributed by atoms with E-state index in [2.05, 4.69) is 16.0 Å². The van der Waals surface area contributed by atoms with Gasteiger partial charge >= 0.3 is 0 Å². The highest BCUT2D eigenvalue weighted by Crippen LogP contribution is 2.33. The first-order chi connectivity index (χ1) is 18.7. The third-order valence-corrected chi connectivity index (χ3v) is 7.50. The van der Waals surface area contributed by atoms with Gasteiger partial charge in [-0.3, -0.25) is 14.4 Å². The monoisotopic (exact) mass is 538 g/mol. The van der Waals surface area contributed by atoms with Crippen LogP contribution in [0.1, 0.15) is 44.2 Å².